The van der Waals surface area contributed by atoms with E-state index in [1.54, 1.807) is 24.0 Å². The Morgan fingerprint density at radius 3 is 2.46 bits per heavy atom. The van der Waals surface area contributed by atoms with Crippen molar-refractivity contribution in [3.8, 4) is 5.69 Å². The molecule has 5 nitrogen and oxygen atoms in total. The van der Waals surface area contributed by atoms with Crippen molar-refractivity contribution in [3.63, 3.8) is 0 Å². The molecule has 1 saturated carbocycles. The minimum Gasteiger partial charge on any atom is -0.331 e. The van der Waals surface area contributed by atoms with Crippen molar-refractivity contribution in [2.24, 2.45) is 0 Å². The number of aryl methyl sites for hydroxylation is 1. The van der Waals surface area contributed by atoms with E-state index in [9.17, 15) is 4.79 Å². The number of nitrogens with zero attached hydrogens (tertiary/aromatic N) is 4. The number of benzene rings is 1. The second-order valence-electron chi connectivity index (χ2n) is 6.09. The van der Waals surface area contributed by atoms with Gasteiger partial charge in [0.05, 0.1) is 6.54 Å². The van der Waals surface area contributed by atoms with Crippen molar-refractivity contribution >= 4 is 17.2 Å². The van der Waals surface area contributed by atoms with E-state index >= 15 is 0 Å². The molecule has 0 saturated heterocycles. The zero-order valence-electron chi connectivity index (χ0n) is 13.4. The Kier molecular flexibility index (Phi) is 3.90. The molecule has 1 aliphatic rings. The van der Waals surface area contributed by atoms with Gasteiger partial charge in [-0.1, -0.05) is 0 Å². The third-order valence-corrected chi connectivity index (χ3v) is 5.19. The lowest BCUT2D eigenvalue weighted by molar-refractivity contribution is 0.0731. The molecule has 0 spiro atoms. The summed E-state index contributed by atoms with van der Waals surface area (Å²) in [5, 5.41) is 7.61. The summed E-state index contributed by atoms with van der Waals surface area (Å²) in [7, 11) is 0. The third kappa shape index (κ3) is 3.10. The second-order valence-corrected chi connectivity index (χ2v) is 7.47. The Bertz CT molecular complexity index is 834. The average Bonchev–Trinajstić information content (AvgIpc) is 3.12. The maximum atomic E-state index is 12.9. The van der Waals surface area contributed by atoms with Gasteiger partial charge in [-0.05, 0) is 56.2 Å². The zero-order chi connectivity index (χ0) is 16.5. The van der Waals surface area contributed by atoms with Crippen molar-refractivity contribution in [1.82, 2.24) is 19.7 Å². The molecule has 0 aliphatic heterocycles. The van der Waals surface area contributed by atoms with E-state index in [1.807, 2.05) is 33.7 Å². The van der Waals surface area contributed by atoms with E-state index in [0.29, 0.717) is 12.6 Å². The van der Waals surface area contributed by atoms with Gasteiger partial charge in [-0.3, -0.25) is 9.36 Å². The van der Waals surface area contributed by atoms with Gasteiger partial charge < -0.3 is 4.90 Å². The topological polar surface area (TPSA) is 51.0 Å². The Morgan fingerprint density at radius 1 is 1.17 bits per heavy atom. The summed E-state index contributed by atoms with van der Waals surface area (Å²) >= 11 is 1.76. The van der Waals surface area contributed by atoms with Crippen LogP contribution in [0.15, 0.2) is 49.1 Å². The van der Waals surface area contributed by atoms with Crippen LogP contribution in [0.2, 0.25) is 0 Å². The Balaban J connectivity index is 1.54. The first-order chi connectivity index (χ1) is 11.7. The number of carbonyl (C=O) groups is 1. The fraction of sp³-hybridized carbons (Fsp3) is 0.278. The molecule has 0 radical (unpaired) electrons. The molecule has 1 aromatic carbocycles. The van der Waals surface area contributed by atoms with Crippen LogP contribution in [0.25, 0.3) is 5.69 Å². The lowest BCUT2D eigenvalue weighted by atomic mass is 10.1. The first-order valence-electron chi connectivity index (χ1n) is 8.02. The highest BCUT2D eigenvalue weighted by molar-refractivity contribution is 7.11. The smallest absolute Gasteiger partial charge is 0.254 e. The van der Waals surface area contributed by atoms with Crippen LogP contribution in [0.3, 0.4) is 0 Å². The van der Waals surface area contributed by atoms with Crippen LogP contribution in [0.1, 0.15) is 33.0 Å². The summed E-state index contributed by atoms with van der Waals surface area (Å²) in [6.07, 6.45) is 5.50. The number of thiophene rings is 1. The Labute approximate surface area is 144 Å². The molecule has 3 aromatic rings. The fourth-order valence-electron chi connectivity index (χ4n) is 2.77. The van der Waals surface area contributed by atoms with E-state index in [1.165, 1.54) is 9.75 Å². The summed E-state index contributed by atoms with van der Waals surface area (Å²) in [6.45, 7) is 2.80. The molecule has 0 N–H and O–H groups in total. The highest BCUT2D eigenvalue weighted by atomic mass is 32.1. The molecule has 2 heterocycles. The fourth-order valence-corrected chi connectivity index (χ4v) is 3.66. The summed E-state index contributed by atoms with van der Waals surface area (Å²) < 4.78 is 1.82. The van der Waals surface area contributed by atoms with Crippen LogP contribution >= 0.6 is 11.3 Å². The second kappa shape index (κ2) is 6.20. The van der Waals surface area contributed by atoms with E-state index in [4.69, 9.17) is 0 Å². The molecular formula is C18H18N4OS. The number of carbonyl (C=O) groups excluding carboxylic acids is 1. The molecule has 1 aliphatic carbocycles. The minimum atomic E-state index is 0.110. The van der Waals surface area contributed by atoms with Crippen molar-refractivity contribution in [2.75, 3.05) is 0 Å². The van der Waals surface area contributed by atoms with E-state index in [-0.39, 0.29) is 5.91 Å². The van der Waals surface area contributed by atoms with Crippen molar-refractivity contribution in [2.45, 2.75) is 32.4 Å². The van der Waals surface area contributed by atoms with Gasteiger partial charge in [0.25, 0.3) is 5.91 Å². The van der Waals surface area contributed by atoms with Gasteiger partial charge in [0.2, 0.25) is 0 Å². The standard InChI is InChI=1S/C18H18N4OS/c1-13-2-9-17(24-13)10-22(16-7-8-16)18(23)14-3-5-15(6-4-14)21-11-19-20-12-21/h2-6,9,11-12,16H,7-8,10H2,1H3. The number of amides is 1. The first kappa shape index (κ1) is 15.1. The van der Waals surface area contributed by atoms with Gasteiger partial charge in [0.1, 0.15) is 12.7 Å². The minimum absolute atomic E-state index is 0.110. The SMILES string of the molecule is Cc1ccc(CN(C(=O)c2ccc(-n3cnnc3)cc2)C2CC2)s1. The van der Waals surface area contributed by atoms with Gasteiger partial charge in [0, 0.05) is 27.0 Å². The molecule has 4 rings (SSSR count). The average molecular weight is 338 g/mol. The van der Waals surface area contributed by atoms with Gasteiger partial charge >= 0.3 is 0 Å². The van der Waals surface area contributed by atoms with Crippen molar-refractivity contribution in [1.29, 1.82) is 0 Å². The first-order valence-corrected chi connectivity index (χ1v) is 8.84. The molecule has 1 fully saturated rings. The van der Waals surface area contributed by atoms with Crippen LogP contribution < -0.4 is 0 Å². The normalized spacial score (nSPS) is 13.9. The number of aromatic nitrogens is 3. The monoisotopic (exact) mass is 338 g/mol. The van der Waals surface area contributed by atoms with Gasteiger partial charge in [-0.15, -0.1) is 21.5 Å². The van der Waals surface area contributed by atoms with Crippen LogP contribution in [0.4, 0.5) is 0 Å². The summed E-state index contributed by atoms with van der Waals surface area (Å²) in [5.74, 6) is 0.110. The van der Waals surface area contributed by atoms with Crippen LogP contribution in [0, 0.1) is 6.92 Å². The molecule has 6 heteroatoms. The lowest BCUT2D eigenvalue weighted by Crippen LogP contribution is -2.32. The molecule has 0 atom stereocenters. The van der Waals surface area contributed by atoms with E-state index in [2.05, 4.69) is 29.3 Å². The molecule has 24 heavy (non-hydrogen) atoms. The maximum absolute atomic E-state index is 12.9. The zero-order valence-corrected chi connectivity index (χ0v) is 14.2. The summed E-state index contributed by atoms with van der Waals surface area (Å²) in [6, 6.07) is 12.2. The molecule has 0 bridgehead atoms. The number of hydrogen-bond donors (Lipinski definition) is 0. The lowest BCUT2D eigenvalue weighted by Gasteiger charge is -2.22. The summed E-state index contributed by atoms with van der Waals surface area (Å²) in [5.41, 5.74) is 1.68. The highest BCUT2D eigenvalue weighted by Crippen LogP contribution is 2.31. The Morgan fingerprint density at radius 2 is 1.88 bits per heavy atom. The summed E-state index contributed by atoms with van der Waals surface area (Å²) in [4.78, 5) is 17.5. The van der Waals surface area contributed by atoms with Gasteiger partial charge in [0.15, 0.2) is 0 Å². The number of hydrogen-bond acceptors (Lipinski definition) is 4. The van der Waals surface area contributed by atoms with Crippen molar-refractivity contribution < 1.29 is 4.79 Å². The number of rotatable bonds is 5. The van der Waals surface area contributed by atoms with Crippen LogP contribution in [-0.4, -0.2) is 31.6 Å². The highest BCUT2D eigenvalue weighted by Gasteiger charge is 2.33. The molecular weight excluding hydrogens is 320 g/mol. The predicted molar refractivity (Wildman–Crippen MR) is 93.3 cm³/mol. The maximum Gasteiger partial charge on any atom is 0.254 e. The largest absolute Gasteiger partial charge is 0.331 e. The van der Waals surface area contributed by atoms with Crippen molar-refractivity contribution in [3.05, 3.63) is 64.4 Å². The molecule has 122 valence electrons. The predicted octanol–water partition coefficient (Wildman–Crippen LogP) is 3.44. The van der Waals surface area contributed by atoms with Crippen LogP contribution in [0.5, 0.6) is 0 Å². The quantitative estimate of drug-likeness (QED) is 0.716. The third-order valence-electron chi connectivity index (χ3n) is 4.20. The molecule has 0 unspecified atom stereocenters. The molecule has 2 aromatic heterocycles. The Hall–Kier alpha value is -2.47. The van der Waals surface area contributed by atoms with Gasteiger partial charge in [-0.2, -0.15) is 0 Å². The van der Waals surface area contributed by atoms with Crippen LogP contribution in [-0.2, 0) is 6.54 Å². The van der Waals surface area contributed by atoms with E-state index in [0.717, 1.165) is 24.1 Å². The van der Waals surface area contributed by atoms with Gasteiger partial charge in [-0.25, -0.2) is 0 Å². The van der Waals surface area contributed by atoms with E-state index < -0.39 is 0 Å². The molecule has 1 amide bonds.